The molecular formula is C11H24N2O. The Balaban J connectivity index is 2.15. The fraction of sp³-hybridized carbons (Fsp3) is 1.00. The molecule has 3 heteroatoms. The van der Waals surface area contributed by atoms with E-state index in [1.165, 1.54) is 13.0 Å². The van der Waals surface area contributed by atoms with Gasteiger partial charge in [0.2, 0.25) is 0 Å². The third-order valence-electron chi connectivity index (χ3n) is 2.91. The first-order chi connectivity index (χ1) is 6.74. The van der Waals surface area contributed by atoms with Gasteiger partial charge in [0.05, 0.1) is 13.2 Å². The number of morpholine rings is 1. The summed E-state index contributed by atoms with van der Waals surface area (Å²) in [5.41, 5.74) is 0. The van der Waals surface area contributed by atoms with Gasteiger partial charge < -0.3 is 10.1 Å². The summed E-state index contributed by atoms with van der Waals surface area (Å²) >= 11 is 0. The van der Waals surface area contributed by atoms with Gasteiger partial charge >= 0.3 is 0 Å². The van der Waals surface area contributed by atoms with Crippen molar-refractivity contribution in [3.63, 3.8) is 0 Å². The molecule has 14 heavy (non-hydrogen) atoms. The Morgan fingerprint density at radius 2 is 2.36 bits per heavy atom. The minimum Gasteiger partial charge on any atom is -0.379 e. The molecule has 84 valence electrons. The summed E-state index contributed by atoms with van der Waals surface area (Å²) < 4.78 is 5.41. The minimum atomic E-state index is 0.595. The average Bonchev–Trinajstić information content (AvgIpc) is 2.17. The summed E-state index contributed by atoms with van der Waals surface area (Å²) in [5.74, 6) is 0. The van der Waals surface area contributed by atoms with Crippen LogP contribution < -0.4 is 5.32 Å². The van der Waals surface area contributed by atoms with E-state index in [1.54, 1.807) is 0 Å². The van der Waals surface area contributed by atoms with E-state index in [-0.39, 0.29) is 0 Å². The Morgan fingerprint density at radius 1 is 1.57 bits per heavy atom. The van der Waals surface area contributed by atoms with Crippen molar-refractivity contribution in [1.82, 2.24) is 10.2 Å². The second kappa shape index (κ2) is 6.38. The lowest BCUT2D eigenvalue weighted by Crippen LogP contribution is -2.45. The van der Waals surface area contributed by atoms with Crippen LogP contribution >= 0.6 is 0 Å². The smallest absolute Gasteiger partial charge is 0.0619 e. The number of hydrogen-bond donors (Lipinski definition) is 1. The van der Waals surface area contributed by atoms with Crippen LogP contribution in [0.4, 0.5) is 0 Å². The van der Waals surface area contributed by atoms with Crippen LogP contribution in [0.15, 0.2) is 0 Å². The van der Waals surface area contributed by atoms with E-state index in [0.717, 1.165) is 26.3 Å². The molecule has 1 saturated heterocycles. The number of nitrogens with zero attached hydrogens (tertiary/aromatic N) is 1. The summed E-state index contributed by atoms with van der Waals surface area (Å²) in [4.78, 5) is 2.53. The Hall–Kier alpha value is -0.120. The van der Waals surface area contributed by atoms with Crippen molar-refractivity contribution < 1.29 is 4.74 Å². The van der Waals surface area contributed by atoms with Crippen molar-refractivity contribution >= 4 is 0 Å². The van der Waals surface area contributed by atoms with Crippen molar-refractivity contribution in [1.29, 1.82) is 0 Å². The zero-order chi connectivity index (χ0) is 10.4. The van der Waals surface area contributed by atoms with Crippen molar-refractivity contribution in [2.75, 3.05) is 32.8 Å². The van der Waals surface area contributed by atoms with E-state index in [4.69, 9.17) is 4.74 Å². The average molecular weight is 200 g/mol. The summed E-state index contributed by atoms with van der Waals surface area (Å²) in [6.07, 6.45) is 1.23. The molecule has 1 rings (SSSR count). The van der Waals surface area contributed by atoms with Crippen LogP contribution in [0.3, 0.4) is 0 Å². The number of rotatable bonds is 5. The molecule has 1 aliphatic heterocycles. The molecule has 3 nitrogen and oxygen atoms in total. The highest BCUT2D eigenvalue weighted by Crippen LogP contribution is 2.07. The predicted octanol–water partition coefficient (Wildman–Crippen LogP) is 1.10. The van der Waals surface area contributed by atoms with Gasteiger partial charge in [0.25, 0.3) is 0 Å². The van der Waals surface area contributed by atoms with Crippen LogP contribution in [0, 0.1) is 0 Å². The fourth-order valence-electron chi connectivity index (χ4n) is 1.90. The molecule has 0 aromatic rings. The summed E-state index contributed by atoms with van der Waals surface area (Å²) in [6.45, 7) is 11.8. The van der Waals surface area contributed by atoms with E-state index in [1.807, 2.05) is 0 Å². The molecule has 0 amide bonds. The molecular weight excluding hydrogens is 176 g/mol. The lowest BCUT2D eigenvalue weighted by Gasteiger charge is -2.33. The highest BCUT2D eigenvalue weighted by Gasteiger charge is 2.18. The lowest BCUT2D eigenvalue weighted by atomic mass is 10.2. The second-order valence-electron chi connectivity index (χ2n) is 4.21. The van der Waals surface area contributed by atoms with Crippen LogP contribution in [0.25, 0.3) is 0 Å². The van der Waals surface area contributed by atoms with Crippen molar-refractivity contribution in [3.05, 3.63) is 0 Å². The van der Waals surface area contributed by atoms with E-state index < -0.39 is 0 Å². The molecule has 1 N–H and O–H groups in total. The Kier molecular flexibility index (Phi) is 5.45. The molecule has 0 spiro atoms. The first-order valence-corrected chi connectivity index (χ1v) is 5.79. The molecule has 0 aromatic heterocycles. The van der Waals surface area contributed by atoms with Gasteiger partial charge in [-0.05, 0) is 26.8 Å². The standard InChI is InChI=1S/C11H24N2O/c1-4-12-10(2)5-6-13-7-8-14-9-11(13)3/h10-12H,4-9H2,1-3H3. The van der Waals surface area contributed by atoms with Crippen LogP contribution in [0.5, 0.6) is 0 Å². The summed E-state index contributed by atoms with van der Waals surface area (Å²) in [6, 6.07) is 1.23. The van der Waals surface area contributed by atoms with E-state index in [9.17, 15) is 0 Å². The van der Waals surface area contributed by atoms with Crippen molar-refractivity contribution in [3.8, 4) is 0 Å². The molecule has 0 aromatic carbocycles. The van der Waals surface area contributed by atoms with Crippen molar-refractivity contribution in [2.24, 2.45) is 0 Å². The zero-order valence-corrected chi connectivity index (χ0v) is 9.75. The van der Waals surface area contributed by atoms with Gasteiger partial charge in [0.15, 0.2) is 0 Å². The Morgan fingerprint density at radius 3 is 3.00 bits per heavy atom. The number of ether oxygens (including phenoxy) is 1. The van der Waals surface area contributed by atoms with Gasteiger partial charge in [-0.15, -0.1) is 0 Å². The highest BCUT2D eigenvalue weighted by atomic mass is 16.5. The predicted molar refractivity (Wildman–Crippen MR) is 59.6 cm³/mol. The summed E-state index contributed by atoms with van der Waals surface area (Å²) in [7, 11) is 0. The van der Waals surface area contributed by atoms with Crippen LogP contribution in [-0.4, -0.2) is 49.8 Å². The lowest BCUT2D eigenvalue weighted by molar-refractivity contribution is -0.00156. The molecule has 1 heterocycles. The van der Waals surface area contributed by atoms with Crippen LogP contribution in [0.1, 0.15) is 27.2 Å². The topological polar surface area (TPSA) is 24.5 Å². The minimum absolute atomic E-state index is 0.595. The Labute approximate surface area is 87.8 Å². The van der Waals surface area contributed by atoms with Gasteiger partial charge in [-0.1, -0.05) is 6.92 Å². The molecule has 1 aliphatic rings. The monoisotopic (exact) mass is 200 g/mol. The maximum absolute atomic E-state index is 5.41. The normalized spacial score (nSPS) is 26.4. The number of nitrogens with one attached hydrogen (secondary N) is 1. The van der Waals surface area contributed by atoms with Crippen LogP contribution in [0.2, 0.25) is 0 Å². The molecule has 0 bridgehead atoms. The Bertz CT molecular complexity index is 152. The van der Waals surface area contributed by atoms with E-state index >= 15 is 0 Å². The first kappa shape index (κ1) is 12.0. The SMILES string of the molecule is CCNC(C)CCN1CCOCC1C. The molecule has 2 unspecified atom stereocenters. The summed E-state index contributed by atoms with van der Waals surface area (Å²) in [5, 5.41) is 3.44. The van der Waals surface area contributed by atoms with Crippen molar-refractivity contribution in [2.45, 2.75) is 39.3 Å². The molecule has 0 aliphatic carbocycles. The third kappa shape index (κ3) is 3.95. The van der Waals surface area contributed by atoms with Gasteiger partial charge in [0.1, 0.15) is 0 Å². The third-order valence-corrected chi connectivity index (χ3v) is 2.91. The second-order valence-corrected chi connectivity index (χ2v) is 4.21. The molecule has 2 atom stereocenters. The zero-order valence-electron chi connectivity index (χ0n) is 9.75. The van der Waals surface area contributed by atoms with Gasteiger partial charge in [-0.2, -0.15) is 0 Å². The quantitative estimate of drug-likeness (QED) is 0.719. The number of hydrogen-bond acceptors (Lipinski definition) is 3. The molecule has 1 fully saturated rings. The van der Waals surface area contributed by atoms with E-state index in [2.05, 4.69) is 31.0 Å². The van der Waals surface area contributed by atoms with Crippen LogP contribution in [-0.2, 0) is 4.74 Å². The van der Waals surface area contributed by atoms with E-state index in [0.29, 0.717) is 12.1 Å². The first-order valence-electron chi connectivity index (χ1n) is 5.79. The molecule has 0 saturated carbocycles. The maximum Gasteiger partial charge on any atom is 0.0619 e. The van der Waals surface area contributed by atoms with Gasteiger partial charge in [-0.3, -0.25) is 4.90 Å². The molecule has 0 radical (unpaired) electrons. The maximum atomic E-state index is 5.41. The largest absolute Gasteiger partial charge is 0.379 e. The van der Waals surface area contributed by atoms with Gasteiger partial charge in [-0.25, -0.2) is 0 Å². The highest BCUT2D eigenvalue weighted by molar-refractivity contribution is 4.72. The fourth-order valence-corrected chi connectivity index (χ4v) is 1.90. The van der Waals surface area contributed by atoms with Gasteiger partial charge in [0, 0.05) is 25.2 Å².